The molecule has 0 fully saturated rings. The Kier molecular flexibility index (Phi) is 5.12. The van der Waals surface area contributed by atoms with E-state index in [4.69, 9.17) is 4.74 Å². The molecule has 2 atom stereocenters. The molecule has 0 unspecified atom stereocenters. The lowest BCUT2D eigenvalue weighted by Gasteiger charge is -2.25. The monoisotopic (exact) mass is 329 g/mol. The molecule has 24 heavy (non-hydrogen) atoms. The van der Waals surface area contributed by atoms with Crippen LogP contribution in [-0.2, 0) is 9.53 Å². The molecule has 2 N–H and O–H groups in total. The number of aliphatic carboxylic acids is 1. The highest BCUT2D eigenvalue weighted by atomic mass is 16.6. The van der Waals surface area contributed by atoms with Gasteiger partial charge in [-0.25, -0.2) is 9.59 Å². The lowest BCUT2D eigenvalue weighted by atomic mass is 9.91. The molecule has 0 aliphatic rings. The number of ether oxygens (including phenoxy) is 1. The maximum absolute atomic E-state index is 11.9. The highest BCUT2D eigenvalue weighted by molar-refractivity contribution is 5.84. The molecule has 0 aliphatic heterocycles. The number of hydrogen-bond donors (Lipinski definition) is 2. The number of amides is 1. The predicted octanol–water partition coefficient (Wildman–Crippen LogP) is 3.92. The Labute approximate surface area is 141 Å². The van der Waals surface area contributed by atoms with E-state index in [1.54, 1.807) is 27.7 Å². The average Bonchev–Trinajstić information content (AvgIpc) is 2.49. The van der Waals surface area contributed by atoms with Crippen molar-refractivity contribution < 1.29 is 19.4 Å². The minimum atomic E-state index is -1.10. The van der Waals surface area contributed by atoms with Crippen LogP contribution < -0.4 is 5.32 Å². The molecule has 0 radical (unpaired) electrons. The first kappa shape index (κ1) is 17.8. The first-order chi connectivity index (χ1) is 11.2. The van der Waals surface area contributed by atoms with Crippen molar-refractivity contribution in [3.63, 3.8) is 0 Å². The summed E-state index contributed by atoms with van der Waals surface area (Å²) in [6.07, 6.45) is -0.734. The minimum absolute atomic E-state index is 0.403. The standard InChI is InChI=1S/C19H23NO4/c1-12(14-10-9-13-7-5-6-8-15(13)11-14)16(17(21)22)20-18(23)24-19(2,3)4/h5-12,16H,1-4H3,(H,20,23)(H,21,22)/t12-,16-/m1/s1. The molecule has 128 valence electrons. The number of benzene rings is 2. The topological polar surface area (TPSA) is 75.6 Å². The van der Waals surface area contributed by atoms with E-state index in [2.05, 4.69) is 5.32 Å². The van der Waals surface area contributed by atoms with Crippen molar-refractivity contribution in [2.45, 2.75) is 45.3 Å². The van der Waals surface area contributed by atoms with E-state index in [1.165, 1.54) is 0 Å². The Bertz CT molecular complexity index is 748. The number of nitrogens with one attached hydrogen (secondary N) is 1. The van der Waals surface area contributed by atoms with Gasteiger partial charge in [-0.3, -0.25) is 0 Å². The molecular weight excluding hydrogens is 306 g/mol. The summed E-state index contributed by atoms with van der Waals surface area (Å²) in [6, 6.07) is 12.6. The summed E-state index contributed by atoms with van der Waals surface area (Å²) in [5, 5.41) is 14.1. The van der Waals surface area contributed by atoms with Gasteiger partial charge in [0.1, 0.15) is 11.6 Å². The van der Waals surface area contributed by atoms with Crippen molar-refractivity contribution in [2.75, 3.05) is 0 Å². The van der Waals surface area contributed by atoms with Crippen LogP contribution in [0, 0.1) is 0 Å². The second kappa shape index (κ2) is 6.91. The molecule has 0 saturated carbocycles. The van der Waals surface area contributed by atoms with Crippen LogP contribution in [0.3, 0.4) is 0 Å². The van der Waals surface area contributed by atoms with Gasteiger partial charge in [0.25, 0.3) is 0 Å². The molecule has 0 heterocycles. The Morgan fingerprint density at radius 3 is 2.29 bits per heavy atom. The zero-order valence-corrected chi connectivity index (χ0v) is 14.4. The largest absolute Gasteiger partial charge is 0.480 e. The molecule has 0 bridgehead atoms. The number of rotatable bonds is 4. The van der Waals surface area contributed by atoms with E-state index in [9.17, 15) is 14.7 Å². The third kappa shape index (κ3) is 4.47. The van der Waals surface area contributed by atoms with Gasteiger partial charge in [-0.2, -0.15) is 0 Å². The third-order valence-corrected chi connectivity index (χ3v) is 3.74. The summed E-state index contributed by atoms with van der Waals surface area (Å²) in [5.41, 5.74) is 0.163. The minimum Gasteiger partial charge on any atom is -0.480 e. The van der Waals surface area contributed by atoms with Crippen LogP contribution in [0.4, 0.5) is 4.79 Å². The zero-order chi connectivity index (χ0) is 17.9. The quantitative estimate of drug-likeness (QED) is 0.891. The Morgan fingerprint density at radius 2 is 1.71 bits per heavy atom. The number of alkyl carbamates (subject to hydrolysis) is 1. The summed E-state index contributed by atoms with van der Waals surface area (Å²) in [4.78, 5) is 23.5. The van der Waals surface area contributed by atoms with Crippen molar-refractivity contribution in [1.29, 1.82) is 0 Å². The first-order valence-corrected chi connectivity index (χ1v) is 7.88. The second-order valence-corrected chi connectivity index (χ2v) is 6.86. The fourth-order valence-corrected chi connectivity index (χ4v) is 2.52. The maximum atomic E-state index is 11.9. The van der Waals surface area contributed by atoms with Crippen LogP contribution in [-0.4, -0.2) is 28.8 Å². The number of fused-ring (bicyclic) bond motifs is 1. The fraction of sp³-hybridized carbons (Fsp3) is 0.368. The molecule has 0 aromatic heterocycles. The summed E-state index contributed by atoms with van der Waals surface area (Å²) in [6.45, 7) is 6.97. The smallest absolute Gasteiger partial charge is 0.408 e. The zero-order valence-electron chi connectivity index (χ0n) is 14.4. The molecular formula is C19H23NO4. The van der Waals surface area contributed by atoms with Gasteiger partial charge in [-0.15, -0.1) is 0 Å². The molecule has 5 heteroatoms. The van der Waals surface area contributed by atoms with Crippen LogP contribution in [0.15, 0.2) is 42.5 Å². The fourth-order valence-electron chi connectivity index (χ4n) is 2.52. The Morgan fingerprint density at radius 1 is 1.08 bits per heavy atom. The highest BCUT2D eigenvalue weighted by Crippen LogP contribution is 2.24. The Hall–Kier alpha value is -2.56. The number of carboxylic acid groups (broad SMARTS) is 1. The SMILES string of the molecule is C[C@H](c1ccc2ccccc2c1)[C@@H](NC(=O)OC(C)(C)C)C(=O)O. The highest BCUT2D eigenvalue weighted by Gasteiger charge is 2.29. The van der Waals surface area contributed by atoms with Crippen molar-refractivity contribution >= 4 is 22.8 Å². The first-order valence-electron chi connectivity index (χ1n) is 7.88. The van der Waals surface area contributed by atoms with Gasteiger partial charge in [0.2, 0.25) is 0 Å². The van der Waals surface area contributed by atoms with Gasteiger partial charge < -0.3 is 15.2 Å². The van der Waals surface area contributed by atoms with Gasteiger partial charge >= 0.3 is 12.1 Å². The summed E-state index contributed by atoms with van der Waals surface area (Å²) >= 11 is 0. The van der Waals surface area contributed by atoms with Gasteiger partial charge in [0, 0.05) is 5.92 Å². The molecule has 2 rings (SSSR count). The Balaban J connectivity index is 2.22. The van der Waals surface area contributed by atoms with Crippen LogP contribution in [0.5, 0.6) is 0 Å². The molecule has 2 aromatic carbocycles. The second-order valence-electron chi connectivity index (χ2n) is 6.86. The third-order valence-electron chi connectivity index (χ3n) is 3.74. The van der Waals surface area contributed by atoms with Gasteiger partial charge in [-0.05, 0) is 37.1 Å². The van der Waals surface area contributed by atoms with E-state index in [1.807, 2.05) is 42.5 Å². The summed E-state index contributed by atoms with van der Waals surface area (Å²) in [7, 11) is 0. The van der Waals surface area contributed by atoms with Gasteiger partial charge in [0.15, 0.2) is 0 Å². The molecule has 0 spiro atoms. The van der Waals surface area contributed by atoms with Gasteiger partial charge in [0.05, 0.1) is 0 Å². The van der Waals surface area contributed by atoms with Crippen molar-refractivity contribution in [3.8, 4) is 0 Å². The molecule has 0 aliphatic carbocycles. The summed E-state index contributed by atoms with van der Waals surface area (Å²) < 4.78 is 5.16. The van der Waals surface area contributed by atoms with E-state index < -0.39 is 29.6 Å². The average molecular weight is 329 g/mol. The molecule has 5 nitrogen and oxygen atoms in total. The van der Waals surface area contributed by atoms with Crippen molar-refractivity contribution in [2.24, 2.45) is 0 Å². The maximum Gasteiger partial charge on any atom is 0.408 e. The normalized spacial score (nSPS) is 14.0. The van der Waals surface area contributed by atoms with Crippen LogP contribution in [0.1, 0.15) is 39.2 Å². The number of carboxylic acids is 1. The van der Waals surface area contributed by atoms with E-state index in [-0.39, 0.29) is 0 Å². The summed E-state index contributed by atoms with van der Waals surface area (Å²) in [5.74, 6) is -1.50. The number of carbonyl (C=O) groups is 2. The van der Waals surface area contributed by atoms with E-state index in [0.29, 0.717) is 0 Å². The molecule has 0 saturated heterocycles. The number of hydrogen-bond acceptors (Lipinski definition) is 3. The lowest BCUT2D eigenvalue weighted by molar-refractivity contribution is -0.140. The van der Waals surface area contributed by atoms with Gasteiger partial charge in [-0.1, -0.05) is 49.4 Å². The van der Waals surface area contributed by atoms with Crippen LogP contribution in [0.25, 0.3) is 10.8 Å². The van der Waals surface area contributed by atoms with E-state index in [0.717, 1.165) is 16.3 Å². The molecule has 1 amide bonds. The van der Waals surface area contributed by atoms with Crippen LogP contribution >= 0.6 is 0 Å². The molecule has 2 aromatic rings. The predicted molar refractivity (Wildman–Crippen MR) is 93.2 cm³/mol. The van der Waals surface area contributed by atoms with Crippen molar-refractivity contribution in [3.05, 3.63) is 48.0 Å². The van der Waals surface area contributed by atoms with Crippen molar-refractivity contribution in [1.82, 2.24) is 5.32 Å². The van der Waals surface area contributed by atoms with E-state index >= 15 is 0 Å². The van der Waals surface area contributed by atoms with Crippen LogP contribution in [0.2, 0.25) is 0 Å². The lowest BCUT2D eigenvalue weighted by Crippen LogP contribution is -2.46. The number of carbonyl (C=O) groups excluding carboxylic acids is 1.